The first-order chi connectivity index (χ1) is 8.74. The van der Waals surface area contributed by atoms with Crippen LogP contribution in [0.3, 0.4) is 0 Å². The van der Waals surface area contributed by atoms with Crippen LogP contribution in [-0.2, 0) is 11.2 Å². The van der Waals surface area contributed by atoms with Gasteiger partial charge in [0.1, 0.15) is 5.75 Å². The van der Waals surface area contributed by atoms with E-state index in [2.05, 4.69) is 10.2 Å². The lowest BCUT2D eigenvalue weighted by Gasteiger charge is -2.14. The van der Waals surface area contributed by atoms with E-state index in [1.807, 2.05) is 6.07 Å². The van der Waals surface area contributed by atoms with Gasteiger partial charge in [0.15, 0.2) is 0 Å². The third-order valence-electron chi connectivity index (χ3n) is 3.22. The van der Waals surface area contributed by atoms with E-state index in [1.54, 1.807) is 18.2 Å². The third kappa shape index (κ3) is 4.04. The molecule has 0 saturated carbocycles. The number of nitrogens with one attached hydrogen (secondary N) is 1. The molecule has 1 saturated heterocycles. The molecule has 1 aliphatic heterocycles. The van der Waals surface area contributed by atoms with Crippen molar-refractivity contribution in [2.45, 2.75) is 19.3 Å². The highest BCUT2D eigenvalue weighted by molar-refractivity contribution is 5.78. The van der Waals surface area contributed by atoms with Gasteiger partial charge in [-0.3, -0.25) is 4.79 Å². The Morgan fingerprint density at radius 2 is 2.11 bits per heavy atom. The van der Waals surface area contributed by atoms with Crippen LogP contribution in [0.1, 0.15) is 18.4 Å². The van der Waals surface area contributed by atoms with Crippen LogP contribution in [0.5, 0.6) is 5.75 Å². The molecule has 0 atom stereocenters. The highest BCUT2D eigenvalue weighted by atomic mass is 16.3. The number of aromatic hydroxyl groups is 1. The van der Waals surface area contributed by atoms with Gasteiger partial charge in [0, 0.05) is 13.1 Å². The van der Waals surface area contributed by atoms with E-state index < -0.39 is 0 Å². The predicted molar refractivity (Wildman–Crippen MR) is 70.5 cm³/mol. The lowest BCUT2D eigenvalue weighted by Crippen LogP contribution is -2.34. The Labute approximate surface area is 108 Å². The van der Waals surface area contributed by atoms with Crippen LogP contribution in [0.15, 0.2) is 24.3 Å². The normalized spacial score (nSPS) is 15.8. The quantitative estimate of drug-likeness (QED) is 0.822. The lowest BCUT2D eigenvalue weighted by atomic mass is 10.1. The summed E-state index contributed by atoms with van der Waals surface area (Å²) in [6.45, 7) is 3.95. The van der Waals surface area contributed by atoms with Crippen molar-refractivity contribution in [1.29, 1.82) is 0 Å². The smallest absolute Gasteiger partial charge is 0.224 e. The van der Waals surface area contributed by atoms with E-state index in [-0.39, 0.29) is 11.7 Å². The summed E-state index contributed by atoms with van der Waals surface area (Å²) in [5.74, 6) is 0.220. The van der Waals surface area contributed by atoms with E-state index in [0.29, 0.717) is 13.0 Å². The van der Waals surface area contributed by atoms with Crippen LogP contribution in [0.25, 0.3) is 0 Å². The Hall–Kier alpha value is -1.55. The Morgan fingerprint density at radius 1 is 1.33 bits per heavy atom. The van der Waals surface area contributed by atoms with Crippen molar-refractivity contribution in [2.75, 3.05) is 26.2 Å². The summed E-state index contributed by atoms with van der Waals surface area (Å²) >= 11 is 0. The number of nitrogens with zero attached hydrogens (tertiary/aromatic N) is 1. The highest BCUT2D eigenvalue weighted by Crippen LogP contribution is 2.11. The monoisotopic (exact) mass is 248 g/mol. The van der Waals surface area contributed by atoms with Gasteiger partial charge in [0.05, 0.1) is 6.42 Å². The second-order valence-corrected chi connectivity index (χ2v) is 4.75. The zero-order valence-electron chi connectivity index (χ0n) is 10.6. The summed E-state index contributed by atoms with van der Waals surface area (Å²) in [6, 6.07) is 6.83. The first kappa shape index (κ1) is 12.9. The molecular weight excluding hydrogens is 228 g/mol. The summed E-state index contributed by atoms with van der Waals surface area (Å²) < 4.78 is 0. The topological polar surface area (TPSA) is 52.6 Å². The summed E-state index contributed by atoms with van der Waals surface area (Å²) in [7, 11) is 0. The number of hydrogen-bond donors (Lipinski definition) is 2. The molecule has 1 heterocycles. The molecule has 4 heteroatoms. The number of rotatable bonds is 5. The number of benzene rings is 1. The first-order valence-electron chi connectivity index (χ1n) is 6.51. The molecule has 1 amide bonds. The Kier molecular flexibility index (Phi) is 4.59. The van der Waals surface area contributed by atoms with E-state index in [9.17, 15) is 9.90 Å². The fourth-order valence-electron chi connectivity index (χ4n) is 2.27. The average Bonchev–Trinajstić information content (AvgIpc) is 2.82. The van der Waals surface area contributed by atoms with E-state index in [1.165, 1.54) is 12.8 Å². The van der Waals surface area contributed by atoms with Gasteiger partial charge in [0.2, 0.25) is 5.91 Å². The van der Waals surface area contributed by atoms with Crippen molar-refractivity contribution in [2.24, 2.45) is 0 Å². The molecule has 0 unspecified atom stereocenters. The minimum Gasteiger partial charge on any atom is -0.508 e. The van der Waals surface area contributed by atoms with Crippen LogP contribution < -0.4 is 5.32 Å². The van der Waals surface area contributed by atoms with E-state index in [0.717, 1.165) is 25.2 Å². The van der Waals surface area contributed by atoms with Crippen molar-refractivity contribution in [3.8, 4) is 5.75 Å². The first-order valence-corrected chi connectivity index (χ1v) is 6.51. The number of phenolic OH excluding ortho intramolecular Hbond substituents is 1. The van der Waals surface area contributed by atoms with Gasteiger partial charge in [-0.15, -0.1) is 0 Å². The predicted octanol–water partition coefficient (Wildman–Crippen LogP) is 1.15. The van der Waals surface area contributed by atoms with Crippen molar-refractivity contribution in [1.82, 2.24) is 10.2 Å². The van der Waals surface area contributed by atoms with Crippen LogP contribution in [-0.4, -0.2) is 42.1 Å². The lowest BCUT2D eigenvalue weighted by molar-refractivity contribution is -0.120. The minimum absolute atomic E-state index is 0.0137. The van der Waals surface area contributed by atoms with Gasteiger partial charge in [-0.1, -0.05) is 12.1 Å². The molecule has 0 spiro atoms. The summed E-state index contributed by atoms with van der Waals surface area (Å²) in [5, 5.41) is 12.2. The molecule has 1 aliphatic rings. The second-order valence-electron chi connectivity index (χ2n) is 4.75. The van der Waals surface area contributed by atoms with Gasteiger partial charge in [-0.25, -0.2) is 0 Å². The standard InChI is InChI=1S/C14H20N2O2/c17-13-5-3-4-12(10-13)11-14(18)15-6-9-16-7-1-2-8-16/h3-5,10,17H,1-2,6-9,11H2,(H,15,18). The molecule has 1 aromatic rings. The zero-order chi connectivity index (χ0) is 12.8. The van der Waals surface area contributed by atoms with Gasteiger partial charge in [0.25, 0.3) is 0 Å². The number of carbonyl (C=O) groups excluding carboxylic acids is 1. The minimum atomic E-state index is 0.0137. The van der Waals surface area contributed by atoms with Crippen molar-refractivity contribution < 1.29 is 9.90 Å². The van der Waals surface area contributed by atoms with Crippen molar-refractivity contribution in [3.05, 3.63) is 29.8 Å². The Balaban J connectivity index is 1.68. The van der Waals surface area contributed by atoms with Gasteiger partial charge in [-0.05, 0) is 43.6 Å². The maximum Gasteiger partial charge on any atom is 0.224 e. The van der Waals surface area contributed by atoms with Gasteiger partial charge in [-0.2, -0.15) is 0 Å². The molecule has 0 bridgehead atoms. The summed E-state index contributed by atoms with van der Waals surface area (Å²) in [6.07, 6.45) is 2.88. The molecule has 0 aromatic heterocycles. The fraction of sp³-hybridized carbons (Fsp3) is 0.500. The maximum absolute atomic E-state index is 11.7. The molecule has 2 N–H and O–H groups in total. The molecule has 4 nitrogen and oxygen atoms in total. The van der Waals surface area contributed by atoms with Crippen LogP contribution in [0, 0.1) is 0 Å². The van der Waals surface area contributed by atoms with Gasteiger partial charge < -0.3 is 15.3 Å². The number of hydrogen-bond acceptors (Lipinski definition) is 3. The summed E-state index contributed by atoms with van der Waals surface area (Å²) in [4.78, 5) is 14.1. The molecule has 0 radical (unpaired) electrons. The molecule has 18 heavy (non-hydrogen) atoms. The van der Waals surface area contributed by atoms with E-state index >= 15 is 0 Å². The number of phenols is 1. The highest BCUT2D eigenvalue weighted by Gasteiger charge is 2.11. The molecule has 1 aromatic carbocycles. The Morgan fingerprint density at radius 3 is 2.83 bits per heavy atom. The zero-order valence-corrected chi connectivity index (χ0v) is 10.6. The van der Waals surface area contributed by atoms with Crippen LogP contribution in [0.4, 0.5) is 0 Å². The summed E-state index contributed by atoms with van der Waals surface area (Å²) in [5.41, 5.74) is 0.841. The second kappa shape index (κ2) is 6.40. The number of carbonyl (C=O) groups is 1. The molecule has 2 rings (SSSR count). The van der Waals surface area contributed by atoms with E-state index in [4.69, 9.17) is 0 Å². The van der Waals surface area contributed by atoms with Gasteiger partial charge >= 0.3 is 0 Å². The molecule has 98 valence electrons. The number of likely N-dealkylation sites (tertiary alicyclic amines) is 1. The maximum atomic E-state index is 11.7. The molecule has 1 fully saturated rings. The Bertz CT molecular complexity index is 401. The number of amides is 1. The van der Waals surface area contributed by atoms with Crippen LogP contribution in [0.2, 0.25) is 0 Å². The van der Waals surface area contributed by atoms with Crippen LogP contribution >= 0.6 is 0 Å². The van der Waals surface area contributed by atoms with Crippen molar-refractivity contribution in [3.63, 3.8) is 0 Å². The SMILES string of the molecule is O=C(Cc1cccc(O)c1)NCCN1CCCC1. The third-order valence-corrected chi connectivity index (χ3v) is 3.22. The largest absolute Gasteiger partial charge is 0.508 e. The average molecular weight is 248 g/mol. The molecule has 0 aliphatic carbocycles. The molecular formula is C14H20N2O2. The van der Waals surface area contributed by atoms with Crippen molar-refractivity contribution >= 4 is 5.91 Å². The fourth-order valence-corrected chi connectivity index (χ4v) is 2.27.